The second-order valence-electron chi connectivity index (χ2n) is 9.14. The second-order valence-corrected chi connectivity index (χ2v) is 9.14. The largest absolute Gasteiger partial charge is 0.378 e. The van der Waals surface area contributed by atoms with Crippen LogP contribution in [0, 0.1) is 5.41 Å². The normalized spacial score (nSPS) is 20.3. The molecule has 5 nitrogen and oxygen atoms in total. The van der Waals surface area contributed by atoms with Gasteiger partial charge in [0.1, 0.15) is 0 Å². The molecule has 0 saturated carbocycles. The van der Waals surface area contributed by atoms with Crippen LogP contribution in [0.5, 0.6) is 0 Å². The van der Waals surface area contributed by atoms with Crippen molar-refractivity contribution in [1.29, 1.82) is 0 Å². The number of anilines is 2. The van der Waals surface area contributed by atoms with Crippen molar-refractivity contribution in [3.8, 4) is 0 Å². The highest BCUT2D eigenvalue weighted by molar-refractivity contribution is 6.00. The quantitative estimate of drug-likeness (QED) is 0.690. The van der Waals surface area contributed by atoms with Crippen molar-refractivity contribution in [2.24, 2.45) is 5.41 Å². The smallest absolute Gasteiger partial charge is 0.209 e. The Morgan fingerprint density at radius 3 is 2.52 bits per heavy atom. The van der Waals surface area contributed by atoms with E-state index in [-0.39, 0.29) is 17.2 Å². The molecule has 0 amide bonds. The van der Waals surface area contributed by atoms with Crippen molar-refractivity contribution in [2.75, 3.05) is 24.3 Å². The number of ketones is 1. The summed E-state index contributed by atoms with van der Waals surface area (Å²) < 4.78 is 2.19. The third-order valence-corrected chi connectivity index (χ3v) is 6.04. The van der Waals surface area contributed by atoms with Gasteiger partial charge >= 0.3 is 0 Å². The van der Waals surface area contributed by atoms with Gasteiger partial charge in [-0.1, -0.05) is 38.1 Å². The van der Waals surface area contributed by atoms with Crippen molar-refractivity contribution in [3.05, 3.63) is 65.4 Å². The summed E-state index contributed by atoms with van der Waals surface area (Å²) in [7, 11) is 4.07. The van der Waals surface area contributed by atoms with Crippen molar-refractivity contribution < 1.29 is 4.79 Å². The zero-order valence-electron chi connectivity index (χ0n) is 17.4. The van der Waals surface area contributed by atoms with Gasteiger partial charge in [-0.3, -0.25) is 9.36 Å². The third kappa shape index (κ3) is 2.84. The monoisotopic (exact) mass is 386 g/mol. The molecule has 0 fully saturated rings. The van der Waals surface area contributed by atoms with E-state index in [1.165, 1.54) is 0 Å². The van der Waals surface area contributed by atoms with Gasteiger partial charge < -0.3 is 10.2 Å². The molecule has 1 aromatic heterocycles. The molecule has 29 heavy (non-hydrogen) atoms. The number of para-hydroxylation sites is 2. The summed E-state index contributed by atoms with van der Waals surface area (Å²) >= 11 is 0. The number of allylic oxidation sites excluding steroid dienone is 2. The maximum Gasteiger partial charge on any atom is 0.209 e. The molecule has 1 atom stereocenters. The zero-order chi connectivity index (χ0) is 20.3. The Morgan fingerprint density at radius 1 is 1.07 bits per heavy atom. The fourth-order valence-corrected chi connectivity index (χ4v) is 4.69. The van der Waals surface area contributed by atoms with Crippen LogP contribution in [0.4, 0.5) is 11.6 Å². The highest BCUT2D eigenvalue weighted by Gasteiger charge is 2.41. The number of hydrogen-bond acceptors (Lipinski definition) is 4. The van der Waals surface area contributed by atoms with Gasteiger partial charge in [0.05, 0.1) is 17.1 Å². The molecule has 0 unspecified atom stereocenters. The Bertz CT molecular complexity index is 1150. The summed E-state index contributed by atoms with van der Waals surface area (Å²) in [4.78, 5) is 20.3. The number of carbonyl (C=O) groups excluding carboxylic acids is 1. The second kappa shape index (κ2) is 6.21. The van der Waals surface area contributed by atoms with Gasteiger partial charge in [-0.15, -0.1) is 0 Å². The summed E-state index contributed by atoms with van der Waals surface area (Å²) in [6, 6.07) is 16.5. The molecule has 3 aromatic rings. The number of fused-ring (bicyclic) bond motifs is 3. The first-order chi connectivity index (χ1) is 13.8. The van der Waals surface area contributed by atoms with Crippen LogP contribution in [-0.2, 0) is 4.79 Å². The standard InChI is InChI=1S/C24H26N4O/c1-24(2)13-18-21(20(29)14-24)22(15-9-11-16(12-10-15)27(3)4)28-19-8-6-5-7-17(19)25-23(28)26-18/h5-12,22H,13-14H2,1-4H3,(H,25,26)/t22-/m0/s1. The highest BCUT2D eigenvalue weighted by Crippen LogP contribution is 2.47. The van der Waals surface area contributed by atoms with Gasteiger partial charge in [0.25, 0.3) is 0 Å². The van der Waals surface area contributed by atoms with Crippen LogP contribution in [0.15, 0.2) is 59.8 Å². The average molecular weight is 386 g/mol. The molecular weight excluding hydrogens is 360 g/mol. The maximum atomic E-state index is 13.3. The summed E-state index contributed by atoms with van der Waals surface area (Å²) in [5, 5.41) is 3.51. The number of nitrogens with one attached hydrogen (secondary N) is 1. The highest BCUT2D eigenvalue weighted by atomic mass is 16.1. The molecule has 0 bridgehead atoms. The minimum absolute atomic E-state index is 0.0452. The van der Waals surface area contributed by atoms with Gasteiger partial charge in [0.15, 0.2) is 5.78 Å². The van der Waals surface area contributed by atoms with Crippen LogP contribution in [0.3, 0.4) is 0 Å². The molecule has 1 aliphatic carbocycles. The zero-order valence-corrected chi connectivity index (χ0v) is 17.4. The van der Waals surface area contributed by atoms with E-state index >= 15 is 0 Å². The average Bonchev–Trinajstić information content (AvgIpc) is 3.03. The van der Waals surface area contributed by atoms with Gasteiger partial charge in [-0.25, -0.2) is 4.98 Å². The lowest BCUT2D eigenvalue weighted by Gasteiger charge is -2.39. The van der Waals surface area contributed by atoms with E-state index in [2.05, 4.69) is 59.0 Å². The van der Waals surface area contributed by atoms with Crippen molar-refractivity contribution in [2.45, 2.75) is 32.7 Å². The Hall–Kier alpha value is -3.08. The number of nitrogens with zero attached hydrogens (tertiary/aromatic N) is 3. The van der Waals surface area contributed by atoms with E-state index in [0.717, 1.165) is 45.9 Å². The van der Waals surface area contributed by atoms with E-state index in [9.17, 15) is 4.79 Å². The molecule has 5 heteroatoms. The SMILES string of the molecule is CN(C)c1ccc([C@H]2C3=C(CC(C)(C)CC3=O)Nc3nc4ccccc4n32)cc1. The molecule has 2 heterocycles. The fraction of sp³-hybridized carbons (Fsp3) is 0.333. The molecule has 2 aromatic carbocycles. The molecule has 1 aliphatic heterocycles. The molecule has 0 spiro atoms. The van der Waals surface area contributed by atoms with Gasteiger partial charge in [-0.05, 0) is 41.7 Å². The summed E-state index contributed by atoms with van der Waals surface area (Å²) in [6.07, 6.45) is 1.42. The summed E-state index contributed by atoms with van der Waals surface area (Å²) in [6.45, 7) is 4.32. The number of benzene rings is 2. The van der Waals surface area contributed by atoms with Crippen molar-refractivity contribution in [3.63, 3.8) is 0 Å². The van der Waals surface area contributed by atoms with Gasteiger partial charge in [0, 0.05) is 37.5 Å². The van der Waals surface area contributed by atoms with Crippen LogP contribution < -0.4 is 10.2 Å². The van der Waals surface area contributed by atoms with Crippen LogP contribution in [0.2, 0.25) is 0 Å². The van der Waals surface area contributed by atoms with E-state index in [0.29, 0.717) is 6.42 Å². The fourth-order valence-electron chi connectivity index (χ4n) is 4.69. The summed E-state index contributed by atoms with van der Waals surface area (Å²) in [5.41, 5.74) is 6.10. The Kier molecular flexibility index (Phi) is 3.85. The first kappa shape index (κ1) is 18.0. The van der Waals surface area contributed by atoms with Crippen molar-refractivity contribution >= 4 is 28.5 Å². The first-order valence-electron chi connectivity index (χ1n) is 10.1. The molecule has 0 saturated heterocycles. The first-order valence-corrected chi connectivity index (χ1v) is 10.1. The maximum absolute atomic E-state index is 13.3. The number of Topliss-reactive ketones (excluding diaryl/α,β-unsaturated/α-hetero) is 1. The van der Waals surface area contributed by atoms with Crippen LogP contribution in [0.1, 0.15) is 38.3 Å². The van der Waals surface area contributed by atoms with E-state index in [1.807, 2.05) is 32.3 Å². The van der Waals surface area contributed by atoms with E-state index in [4.69, 9.17) is 4.98 Å². The molecule has 2 aliphatic rings. The van der Waals surface area contributed by atoms with Crippen LogP contribution in [0.25, 0.3) is 11.0 Å². The third-order valence-electron chi connectivity index (χ3n) is 6.04. The lowest BCUT2D eigenvalue weighted by Crippen LogP contribution is -2.36. The number of carbonyl (C=O) groups is 1. The van der Waals surface area contributed by atoms with Crippen LogP contribution >= 0.6 is 0 Å². The predicted molar refractivity (Wildman–Crippen MR) is 117 cm³/mol. The topological polar surface area (TPSA) is 50.2 Å². The number of hydrogen-bond donors (Lipinski definition) is 1. The predicted octanol–water partition coefficient (Wildman–Crippen LogP) is 4.76. The van der Waals surface area contributed by atoms with Gasteiger partial charge in [-0.2, -0.15) is 0 Å². The van der Waals surface area contributed by atoms with E-state index < -0.39 is 0 Å². The van der Waals surface area contributed by atoms with Crippen LogP contribution in [-0.4, -0.2) is 29.4 Å². The number of imidazole rings is 1. The molecule has 148 valence electrons. The molecular formula is C24H26N4O. The number of rotatable bonds is 2. The lowest BCUT2D eigenvalue weighted by molar-refractivity contribution is -0.118. The molecule has 5 rings (SSSR count). The minimum atomic E-state index is -0.159. The molecule has 0 radical (unpaired) electrons. The number of aromatic nitrogens is 2. The Balaban J connectivity index is 1.74. The Morgan fingerprint density at radius 2 is 1.79 bits per heavy atom. The molecule has 1 N–H and O–H groups in total. The van der Waals surface area contributed by atoms with Gasteiger partial charge in [0.2, 0.25) is 5.95 Å². The minimum Gasteiger partial charge on any atom is -0.378 e. The summed E-state index contributed by atoms with van der Waals surface area (Å²) in [5.74, 6) is 1.05. The lowest BCUT2D eigenvalue weighted by atomic mass is 9.73. The van der Waals surface area contributed by atoms with E-state index in [1.54, 1.807) is 0 Å². The Labute approximate surface area is 171 Å². The van der Waals surface area contributed by atoms with Crippen molar-refractivity contribution in [1.82, 2.24) is 9.55 Å².